The highest BCUT2D eigenvalue weighted by Crippen LogP contribution is 2.23. The Labute approximate surface area is 164 Å². The molecule has 28 heavy (non-hydrogen) atoms. The van der Waals surface area contributed by atoms with Gasteiger partial charge in [-0.05, 0) is 43.2 Å². The van der Waals surface area contributed by atoms with Crippen molar-refractivity contribution in [2.75, 3.05) is 4.72 Å². The van der Waals surface area contributed by atoms with Gasteiger partial charge in [-0.15, -0.1) is 0 Å². The highest BCUT2D eigenvalue weighted by atomic mass is 32.2. The molecule has 2 aromatic carbocycles. The van der Waals surface area contributed by atoms with Crippen molar-refractivity contribution in [3.63, 3.8) is 0 Å². The van der Waals surface area contributed by atoms with Crippen LogP contribution in [0.4, 0.5) is 5.69 Å². The van der Waals surface area contributed by atoms with E-state index >= 15 is 0 Å². The zero-order valence-electron chi connectivity index (χ0n) is 15.0. The molecule has 8 nitrogen and oxygen atoms in total. The zero-order valence-corrected chi connectivity index (χ0v) is 16.6. The van der Waals surface area contributed by atoms with Crippen LogP contribution in [0.2, 0.25) is 0 Å². The Bertz CT molecular complexity index is 1090. The predicted octanol–water partition coefficient (Wildman–Crippen LogP) is 1.81. The lowest BCUT2D eigenvalue weighted by molar-refractivity contribution is 0.0939. The molecule has 4 N–H and O–H groups in total. The van der Waals surface area contributed by atoms with E-state index in [0.717, 1.165) is 31.7 Å². The molecule has 0 spiro atoms. The molecule has 150 valence electrons. The van der Waals surface area contributed by atoms with Crippen LogP contribution in [0.5, 0.6) is 0 Å². The van der Waals surface area contributed by atoms with Gasteiger partial charge in [0.05, 0.1) is 21.0 Å². The van der Waals surface area contributed by atoms with Crippen molar-refractivity contribution in [1.82, 2.24) is 5.32 Å². The molecule has 1 saturated carbocycles. The number of amides is 1. The lowest BCUT2D eigenvalue weighted by Crippen LogP contribution is -2.33. The van der Waals surface area contributed by atoms with Crippen molar-refractivity contribution in [1.29, 1.82) is 0 Å². The Morgan fingerprint density at radius 1 is 0.929 bits per heavy atom. The summed E-state index contributed by atoms with van der Waals surface area (Å²) >= 11 is 0. The number of rotatable bonds is 6. The van der Waals surface area contributed by atoms with E-state index < -0.39 is 20.0 Å². The Hall–Kier alpha value is -2.43. The number of nitrogens with one attached hydrogen (secondary N) is 2. The van der Waals surface area contributed by atoms with Gasteiger partial charge in [0.2, 0.25) is 10.0 Å². The first-order valence-corrected chi connectivity index (χ1v) is 11.8. The minimum absolute atomic E-state index is 0.0867. The maximum atomic E-state index is 12.7. The third-order valence-electron chi connectivity index (χ3n) is 4.55. The quantitative estimate of drug-likeness (QED) is 0.651. The smallest absolute Gasteiger partial charge is 0.261 e. The minimum Gasteiger partial charge on any atom is -0.349 e. The topological polar surface area (TPSA) is 135 Å². The molecule has 0 unspecified atom stereocenters. The van der Waals surface area contributed by atoms with Crippen molar-refractivity contribution in [2.24, 2.45) is 5.14 Å². The van der Waals surface area contributed by atoms with Gasteiger partial charge in [-0.2, -0.15) is 0 Å². The van der Waals surface area contributed by atoms with Crippen molar-refractivity contribution >= 4 is 31.6 Å². The van der Waals surface area contributed by atoms with Gasteiger partial charge in [-0.25, -0.2) is 22.0 Å². The predicted molar refractivity (Wildman–Crippen MR) is 105 cm³/mol. The van der Waals surface area contributed by atoms with E-state index in [1.165, 1.54) is 30.3 Å². The maximum absolute atomic E-state index is 12.7. The summed E-state index contributed by atoms with van der Waals surface area (Å²) < 4.78 is 50.8. The Morgan fingerprint density at radius 2 is 1.57 bits per heavy atom. The van der Waals surface area contributed by atoms with Crippen LogP contribution >= 0.6 is 0 Å². The molecule has 0 saturated heterocycles. The molecule has 2 aromatic rings. The second-order valence-corrected chi connectivity index (χ2v) is 9.87. The Kier molecular flexibility index (Phi) is 5.73. The van der Waals surface area contributed by atoms with Crippen LogP contribution in [0.15, 0.2) is 58.3 Å². The third kappa shape index (κ3) is 4.70. The number of para-hydroxylation sites is 1. The van der Waals surface area contributed by atoms with Gasteiger partial charge in [0.1, 0.15) is 0 Å². The number of primary sulfonamides is 1. The van der Waals surface area contributed by atoms with Gasteiger partial charge < -0.3 is 5.32 Å². The lowest BCUT2D eigenvalue weighted by atomic mass is 10.1. The average molecular weight is 424 g/mol. The Balaban J connectivity index is 1.88. The molecule has 1 aliphatic rings. The van der Waals surface area contributed by atoms with E-state index in [0.29, 0.717) is 0 Å². The largest absolute Gasteiger partial charge is 0.349 e. The van der Waals surface area contributed by atoms with Crippen LogP contribution < -0.4 is 15.2 Å². The number of sulfonamides is 2. The summed E-state index contributed by atoms with van der Waals surface area (Å²) in [5, 5.41) is 7.99. The molecule has 1 fully saturated rings. The minimum atomic E-state index is -4.13. The molecule has 3 rings (SSSR count). The summed E-state index contributed by atoms with van der Waals surface area (Å²) in [5.41, 5.74) is 0.305. The molecule has 0 atom stereocenters. The fraction of sp³-hybridized carbons (Fsp3) is 0.278. The van der Waals surface area contributed by atoms with E-state index in [9.17, 15) is 21.6 Å². The summed E-state index contributed by atoms with van der Waals surface area (Å²) in [7, 11) is -8.18. The highest BCUT2D eigenvalue weighted by molar-refractivity contribution is 7.93. The van der Waals surface area contributed by atoms with Crippen molar-refractivity contribution in [3.05, 3.63) is 54.1 Å². The van der Waals surface area contributed by atoms with E-state index in [4.69, 9.17) is 5.14 Å². The second kappa shape index (κ2) is 7.90. The molecule has 0 radical (unpaired) electrons. The molecule has 1 aliphatic carbocycles. The monoisotopic (exact) mass is 423 g/mol. The van der Waals surface area contributed by atoms with Gasteiger partial charge in [0, 0.05) is 6.04 Å². The maximum Gasteiger partial charge on any atom is 0.261 e. The molecular weight excluding hydrogens is 402 g/mol. The van der Waals surface area contributed by atoms with E-state index in [2.05, 4.69) is 10.0 Å². The standard InChI is InChI=1S/C18H21N3O5S2/c19-27(23,24)14-8-5-9-15(12-14)28(25,26)21-17-11-4-3-10-16(17)18(22)20-13-6-1-2-7-13/h3-5,8-13,21H,1-2,6-7H2,(H,20,22)(H2,19,23,24). The van der Waals surface area contributed by atoms with Crippen LogP contribution in [0, 0.1) is 0 Å². The summed E-state index contributed by atoms with van der Waals surface area (Å²) in [6.45, 7) is 0. The van der Waals surface area contributed by atoms with Gasteiger partial charge in [0.15, 0.2) is 0 Å². The van der Waals surface area contributed by atoms with Gasteiger partial charge in [-0.3, -0.25) is 9.52 Å². The van der Waals surface area contributed by atoms with Crippen molar-refractivity contribution < 1.29 is 21.6 Å². The van der Waals surface area contributed by atoms with Crippen molar-refractivity contribution in [2.45, 2.75) is 41.5 Å². The number of hydrogen-bond donors (Lipinski definition) is 3. The fourth-order valence-electron chi connectivity index (χ4n) is 3.13. The highest BCUT2D eigenvalue weighted by Gasteiger charge is 2.23. The van der Waals surface area contributed by atoms with Gasteiger partial charge >= 0.3 is 0 Å². The number of nitrogens with two attached hydrogens (primary N) is 1. The lowest BCUT2D eigenvalue weighted by Gasteiger charge is -2.15. The first-order valence-electron chi connectivity index (χ1n) is 8.72. The van der Waals surface area contributed by atoms with E-state index in [1.807, 2.05) is 0 Å². The van der Waals surface area contributed by atoms with E-state index in [1.54, 1.807) is 12.1 Å². The fourth-order valence-corrected chi connectivity index (χ4v) is 4.88. The molecule has 0 aromatic heterocycles. The summed E-state index contributed by atoms with van der Waals surface area (Å²) in [5.74, 6) is -0.358. The molecule has 0 aliphatic heterocycles. The molecular formula is C18H21N3O5S2. The summed E-state index contributed by atoms with van der Waals surface area (Å²) in [4.78, 5) is 12.0. The van der Waals surface area contributed by atoms with Gasteiger partial charge in [-0.1, -0.05) is 31.0 Å². The first-order chi connectivity index (χ1) is 13.2. The molecule has 1 amide bonds. The second-order valence-electron chi connectivity index (χ2n) is 6.63. The summed E-state index contributed by atoms with van der Waals surface area (Å²) in [6, 6.07) is 11.0. The average Bonchev–Trinajstić information content (AvgIpc) is 3.14. The number of anilines is 1. The molecule has 0 heterocycles. The number of hydrogen-bond acceptors (Lipinski definition) is 5. The number of carbonyl (C=O) groups excluding carboxylic acids is 1. The normalized spacial score (nSPS) is 15.3. The third-order valence-corrected chi connectivity index (χ3v) is 6.82. The number of carbonyl (C=O) groups is 1. The first kappa shape index (κ1) is 20.3. The van der Waals surface area contributed by atoms with Crippen LogP contribution in [0.25, 0.3) is 0 Å². The van der Waals surface area contributed by atoms with Crippen molar-refractivity contribution in [3.8, 4) is 0 Å². The molecule has 10 heteroatoms. The number of benzene rings is 2. The van der Waals surface area contributed by atoms with Crippen LogP contribution in [0.1, 0.15) is 36.0 Å². The SMILES string of the molecule is NS(=O)(=O)c1cccc(S(=O)(=O)Nc2ccccc2C(=O)NC2CCCC2)c1. The van der Waals surface area contributed by atoms with Crippen LogP contribution in [0.3, 0.4) is 0 Å². The Morgan fingerprint density at radius 3 is 2.25 bits per heavy atom. The zero-order chi connectivity index (χ0) is 20.4. The van der Waals surface area contributed by atoms with Gasteiger partial charge in [0.25, 0.3) is 15.9 Å². The molecule has 0 bridgehead atoms. The summed E-state index contributed by atoms with van der Waals surface area (Å²) in [6.07, 6.45) is 3.92. The van der Waals surface area contributed by atoms with E-state index in [-0.39, 0.29) is 33.0 Å². The van der Waals surface area contributed by atoms with Crippen LogP contribution in [-0.2, 0) is 20.0 Å². The van der Waals surface area contributed by atoms with Crippen LogP contribution in [-0.4, -0.2) is 28.8 Å².